The topological polar surface area (TPSA) is 69.7 Å². The van der Waals surface area contributed by atoms with Gasteiger partial charge in [-0.05, 0) is 24.6 Å². The van der Waals surface area contributed by atoms with Gasteiger partial charge in [-0.3, -0.25) is 14.4 Å². The van der Waals surface area contributed by atoms with Crippen molar-refractivity contribution in [2.45, 2.75) is 13.3 Å². The molecule has 25 heavy (non-hydrogen) atoms. The molecule has 1 saturated heterocycles. The van der Waals surface area contributed by atoms with E-state index < -0.39 is 0 Å². The molecule has 1 saturated carbocycles. The molecule has 0 aromatic heterocycles. The van der Waals surface area contributed by atoms with Gasteiger partial charge in [-0.15, -0.1) is 0 Å². The number of hydrogen-bond acceptors (Lipinski definition) is 3. The number of nitrogens with zero attached hydrogens (tertiary/aromatic N) is 2. The molecule has 1 aromatic carbocycles. The summed E-state index contributed by atoms with van der Waals surface area (Å²) in [5, 5.41) is 3.63. The van der Waals surface area contributed by atoms with Gasteiger partial charge in [-0.2, -0.15) is 0 Å². The van der Waals surface area contributed by atoms with Gasteiger partial charge >= 0.3 is 0 Å². The van der Waals surface area contributed by atoms with Gasteiger partial charge in [0.15, 0.2) is 0 Å². The first-order chi connectivity index (χ1) is 11.9. The molecule has 6 nitrogen and oxygen atoms in total. The van der Waals surface area contributed by atoms with Gasteiger partial charge in [0.1, 0.15) is 0 Å². The molecule has 0 bridgehead atoms. The summed E-state index contributed by atoms with van der Waals surface area (Å²) in [6.07, 6.45) is 0.537. The molecule has 1 aromatic rings. The van der Waals surface area contributed by atoms with Gasteiger partial charge in [0.25, 0.3) is 0 Å². The molecule has 1 heterocycles. The predicted molar refractivity (Wildman–Crippen MR) is 95.5 cm³/mol. The second-order valence-corrected chi connectivity index (χ2v) is 7.24. The number of benzene rings is 1. The molecule has 1 aliphatic heterocycles. The van der Waals surface area contributed by atoms with Crippen LogP contribution in [0.3, 0.4) is 0 Å². The Balaban J connectivity index is 1.53. The number of rotatable bonds is 3. The van der Waals surface area contributed by atoms with Crippen LogP contribution in [0.4, 0.5) is 5.69 Å². The number of carbonyl (C=O) groups is 3. The molecule has 2 unspecified atom stereocenters. The predicted octanol–water partition coefficient (Wildman–Crippen LogP) is 2.26. The van der Waals surface area contributed by atoms with E-state index in [1.807, 2.05) is 0 Å². The van der Waals surface area contributed by atoms with Gasteiger partial charge in [0.2, 0.25) is 17.7 Å². The fourth-order valence-electron chi connectivity index (χ4n) is 3.05. The van der Waals surface area contributed by atoms with Crippen molar-refractivity contribution in [3.63, 3.8) is 0 Å². The molecule has 2 fully saturated rings. The molecule has 1 N–H and O–H groups in total. The number of carbonyl (C=O) groups excluding carboxylic acids is 3. The van der Waals surface area contributed by atoms with E-state index in [0.717, 1.165) is 0 Å². The fraction of sp³-hybridized carbons (Fsp3) is 0.471. The Morgan fingerprint density at radius 1 is 1.04 bits per heavy atom. The first-order valence-electron chi connectivity index (χ1n) is 8.17. The Hall–Kier alpha value is -1.79. The zero-order chi connectivity index (χ0) is 18.1. The first kappa shape index (κ1) is 18.0. The molecule has 2 aliphatic rings. The lowest BCUT2D eigenvalue weighted by atomic mass is 10.2. The second kappa shape index (κ2) is 7.22. The SMILES string of the molecule is CC(=O)N1CCN(C(=O)C2CC2C(=O)Nc2cc(Cl)ccc2Cl)CC1. The van der Waals surface area contributed by atoms with Crippen LogP contribution in [0.15, 0.2) is 18.2 Å². The summed E-state index contributed by atoms with van der Waals surface area (Å²) in [5.41, 5.74) is 0.451. The maximum Gasteiger partial charge on any atom is 0.228 e. The summed E-state index contributed by atoms with van der Waals surface area (Å²) < 4.78 is 0. The quantitative estimate of drug-likeness (QED) is 0.869. The Morgan fingerprint density at radius 2 is 1.68 bits per heavy atom. The van der Waals surface area contributed by atoms with Crippen molar-refractivity contribution in [1.29, 1.82) is 0 Å². The normalized spacial score (nSPS) is 22.5. The third kappa shape index (κ3) is 4.07. The largest absolute Gasteiger partial charge is 0.339 e. The minimum absolute atomic E-state index is 0.0134. The van der Waals surface area contributed by atoms with E-state index in [2.05, 4.69) is 5.32 Å². The van der Waals surface area contributed by atoms with E-state index >= 15 is 0 Å². The maximum absolute atomic E-state index is 12.5. The van der Waals surface area contributed by atoms with Gasteiger partial charge in [0.05, 0.1) is 22.5 Å². The van der Waals surface area contributed by atoms with E-state index in [4.69, 9.17) is 23.2 Å². The average molecular weight is 384 g/mol. The van der Waals surface area contributed by atoms with Gasteiger partial charge in [-0.1, -0.05) is 23.2 Å². The Kier molecular flexibility index (Phi) is 5.20. The molecule has 8 heteroatoms. The summed E-state index contributed by atoms with van der Waals surface area (Å²) in [5.74, 6) is -0.838. The lowest BCUT2D eigenvalue weighted by molar-refractivity contribution is -0.139. The summed E-state index contributed by atoms with van der Waals surface area (Å²) in [4.78, 5) is 39.7. The Morgan fingerprint density at radius 3 is 2.32 bits per heavy atom. The summed E-state index contributed by atoms with van der Waals surface area (Å²) in [6, 6.07) is 4.84. The van der Waals surface area contributed by atoms with Crippen LogP contribution in [0.2, 0.25) is 10.0 Å². The number of hydrogen-bond donors (Lipinski definition) is 1. The maximum atomic E-state index is 12.5. The molecule has 0 radical (unpaired) electrons. The molecule has 3 amide bonds. The van der Waals surface area contributed by atoms with E-state index in [1.54, 1.807) is 28.0 Å². The summed E-state index contributed by atoms with van der Waals surface area (Å²) >= 11 is 12.0. The molecule has 134 valence electrons. The van der Waals surface area contributed by atoms with Crippen molar-refractivity contribution in [2.24, 2.45) is 11.8 Å². The van der Waals surface area contributed by atoms with Gasteiger partial charge < -0.3 is 15.1 Å². The van der Waals surface area contributed by atoms with Gasteiger partial charge in [-0.25, -0.2) is 0 Å². The van der Waals surface area contributed by atoms with Crippen LogP contribution in [0, 0.1) is 11.8 Å². The lowest BCUT2D eigenvalue weighted by Crippen LogP contribution is -2.50. The number of nitrogens with one attached hydrogen (secondary N) is 1. The van der Waals surface area contributed by atoms with E-state index in [0.29, 0.717) is 48.3 Å². The highest BCUT2D eigenvalue weighted by molar-refractivity contribution is 6.35. The molecule has 3 rings (SSSR count). The van der Waals surface area contributed by atoms with Crippen molar-refractivity contribution < 1.29 is 14.4 Å². The zero-order valence-electron chi connectivity index (χ0n) is 13.8. The van der Waals surface area contributed by atoms with Crippen LogP contribution >= 0.6 is 23.2 Å². The second-order valence-electron chi connectivity index (χ2n) is 6.39. The monoisotopic (exact) mass is 383 g/mol. The molecular weight excluding hydrogens is 365 g/mol. The van der Waals surface area contributed by atoms with Crippen LogP contribution in [0.1, 0.15) is 13.3 Å². The number of halogens is 2. The molecule has 2 atom stereocenters. The first-order valence-corrected chi connectivity index (χ1v) is 8.92. The van der Waals surface area contributed by atoms with Gasteiger partial charge in [0, 0.05) is 38.1 Å². The number of amides is 3. The Bertz CT molecular complexity index is 717. The highest BCUT2D eigenvalue weighted by Crippen LogP contribution is 2.41. The van der Waals surface area contributed by atoms with Crippen molar-refractivity contribution in [3.8, 4) is 0 Å². The van der Waals surface area contributed by atoms with Crippen LogP contribution in [-0.4, -0.2) is 53.7 Å². The smallest absolute Gasteiger partial charge is 0.228 e. The van der Waals surface area contributed by atoms with Crippen LogP contribution in [0.25, 0.3) is 0 Å². The minimum Gasteiger partial charge on any atom is -0.339 e. The standard InChI is InChI=1S/C17H19Cl2N3O3/c1-10(23)21-4-6-22(7-5-21)17(25)13-9-12(13)16(24)20-15-8-11(18)2-3-14(15)19/h2-3,8,12-13H,4-7,9H2,1H3,(H,20,24). The third-order valence-electron chi connectivity index (χ3n) is 4.67. The number of anilines is 1. The lowest BCUT2D eigenvalue weighted by Gasteiger charge is -2.34. The highest BCUT2D eigenvalue weighted by atomic mass is 35.5. The van der Waals surface area contributed by atoms with Crippen molar-refractivity contribution in [2.75, 3.05) is 31.5 Å². The van der Waals surface area contributed by atoms with Crippen molar-refractivity contribution in [3.05, 3.63) is 28.2 Å². The summed E-state index contributed by atoms with van der Waals surface area (Å²) in [6.45, 7) is 3.65. The fourth-order valence-corrected chi connectivity index (χ4v) is 3.39. The molecular formula is C17H19Cl2N3O3. The average Bonchev–Trinajstić information content (AvgIpc) is 3.38. The van der Waals surface area contributed by atoms with Crippen molar-refractivity contribution in [1.82, 2.24) is 9.80 Å². The molecule has 0 spiro atoms. The third-order valence-corrected chi connectivity index (χ3v) is 5.23. The van der Waals surface area contributed by atoms with E-state index in [1.165, 1.54) is 6.92 Å². The van der Waals surface area contributed by atoms with Crippen molar-refractivity contribution >= 4 is 46.6 Å². The number of piperazine rings is 1. The minimum atomic E-state index is -0.339. The highest BCUT2D eigenvalue weighted by Gasteiger charge is 2.49. The van der Waals surface area contributed by atoms with E-state index in [-0.39, 0.29) is 29.6 Å². The Labute approximate surface area is 156 Å². The van der Waals surface area contributed by atoms with Crippen LogP contribution in [0.5, 0.6) is 0 Å². The zero-order valence-corrected chi connectivity index (χ0v) is 15.3. The van der Waals surface area contributed by atoms with E-state index in [9.17, 15) is 14.4 Å². The van der Waals surface area contributed by atoms with Crippen LogP contribution < -0.4 is 5.32 Å². The summed E-state index contributed by atoms with van der Waals surface area (Å²) in [7, 11) is 0. The molecule has 1 aliphatic carbocycles. The van der Waals surface area contributed by atoms with Crippen LogP contribution in [-0.2, 0) is 14.4 Å².